The first kappa shape index (κ1) is 18.6. The molecule has 2 N–H and O–H groups in total. The van der Waals surface area contributed by atoms with Gasteiger partial charge in [0.2, 0.25) is 0 Å². The lowest BCUT2D eigenvalue weighted by molar-refractivity contribution is 0.0452. The van der Waals surface area contributed by atoms with E-state index >= 15 is 0 Å². The number of hydrogen-bond donors (Lipinski definition) is 2. The number of aliphatic hydroxyl groups excluding tert-OH is 1. The predicted octanol–water partition coefficient (Wildman–Crippen LogP) is 2.38. The van der Waals surface area contributed by atoms with Gasteiger partial charge in [-0.3, -0.25) is 4.21 Å². The van der Waals surface area contributed by atoms with Crippen molar-refractivity contribution in [2.45, 2.75) is 57.3 Å². The van der Waals surface area contributed by atoms with Gasteiger partial charge in [-0.1, -0.05) is 17.7 Å². The van der Waals surface area contributed by atoms with Gasteiger partial charge in [0, 0.05) is 4.90 Å². The average Bonchev–Trinajstić information content (AvgIpc) is 2.36. The van der Waals surface area contributed by atoms with Crippen LogP contribution in [-0.4, -0.2) is 38.9 Å². The van der Waals surface area contributed by atoms with Gasteiger partial charge in [0.1, 0.15) is 5.60 Å². The quantitative estimate of drug-likeness (QED) is 0.870. The third-order valence-corrected chi connectivity index (χ3v) is 4.37. The smallest absolute Gasteiger partial charge is 0.407 e. The molecule has 0 radical (unpaired) electrons. The Labute approximate surface area is 134 Å². The lowest BCUT2D eigenvalue weighted by Crippen LogP contribution is -2.45. The Morgan fingerprint density at radius 1 is 1.32 bits per heavy atom. The largest absolute Gasteiger partial charge is 0.444 e. The zero-order chi connectivity index (χ0) is 16.9. The lowest BCUT2D eigenvalue weighted by Gasteiger charge is -2.24. The first-order chi connectivity index (χ1) is 10.1. The zero-order valence-corrected chi connectivity index (χ0v) is 14.6. The minimum absolute atomic E-state index is 0.0556. The van der Waals surface area contributed by atoms with Crippen LogP contribution >= 0.6 is 0 Å². The Bertz CT molecular complexity index is 522. The minimum atomic E-state index is -1.32. The van der Waals surface area contributed by atoms with Crippen molar-refractivity contribution < 1.29 is 18.8 Å². The van der Waals surface area contributed by atoms with Crippen molar-refractivity contribution >= 4 is 16.9 Å². The molecule has 5 nitrogen and oxygen atoms in total. The number of rotatable bonds is 5. The van der Waals surface area contributed by atoms with E-state index in [2.05, 4.69) is 5.32 Å². The summed E-state index contributed by atoms with van der Waals surface area (Å²) < 4.78 is 17.3. The van der Waals surface area contributed by atoms with Gasteiger partial charge in [0.15, 0.2) is 0 Å². The van der Waals surface area contributed by atoms with E-state index in [0.29, 0.717) is 4.90 Å². The standard InChI is InChI=1S/C16H25NO4S/c1-11-6-8-13(9-7-11)22(20)10-14(18)12(2)17-15(19)21-16(3,4)5/h6-9,12,14,18H,10H2,1-5H3,(H,17,19)/t12-,14?,22?/m0/s1. The zero-order valence-electron chi connectivity index (χ0n) is 13.8. The van der Waals surface area contributed by atoms with E-state index in [9.17, 15) is 14.1 Å². The molecule has 0 aromatic heterocycles. The molecular weight excluding hydrogens is 302 g/mol. The number of aliphatic hydroxyl groups is 1. The second kappa shape index (κ2) is 7.74. The molecule has 0 heterocycles. The maximum absolute atomic E-state index is 12.2. The van der Waals surface area contributed by atoms with Gasteiger partial charge in [0.25, 0.3) is 0 Å². The van der Waals surface area contributed by atoms with Crippen molar-refractivity contribution in [3.63, 3.8) is 0 Å². The van der Waals surface area contributed by atoms with E-state index in [1.54, 1.807) is 39.8 Å². The fraction of sp³-hybridized carbons (Fsp3) is 0.562. The van der Waals surface area contributed by atoms with Gasteiger partial charge < -0.3 is 15.2 Å². The fourth-order valence-electron chi connectivity index (χ4n) is 1.68. The Morgan fingerprint density at radius 3 is 2.36 bits per heavy atom. The fourth-order valence-corrected chi connectivity index (χ4v) is 2.91. The molecule has 0 aliphatic carbocycles. The summed E-state index contributed by atoms with van der Waals surface area (Å²) in [4.78, 5) is 12.3. The topological polar surface area (TPSA) is 75.6 Å². The highest BCUT2D eigenvalue weighted by atomic mass is 32.2. The molecule has 22 heavy (non-hydrogen) atoms. The van der Waals surface area contributed by atoms with E-state index in [1.807, 2.05) is 19.1 Å². The van der Waals surface area contributed by atoms with Crippen LogP contribution in [0.25, 0.3) is 0 Å². The number of alkyl carbamates (subject to hydrolysis) is 1. The highest BCUT2D eigenvalue weighted by Gasteiger charge is 2.23. The Balaban J connectivity index is 2.53. The van der Waals surface area contributed by atoms with Gasteiger partial charge in [-0.2, -0.15) is 0 Å². The maximum Gasteiger partial charge on any atom is 0.407 e. The molecule has 0 fully saturated rings. The second-order valence-electron chi connectivity index (χ2n) is 6.33. The molecule has 1 amide bonds. The number of carbonyl (C=O) groups is 1. The minimum Gasteiger partial charge on any atom is -0.444 e. The van der Waals surface area contributed by atoms with Gasteiger partial charge in [-0.25, -0.2) is 4.79 Å². The van der Waals surface area contributed by atoms with Crippen LogP contribution in [0.3, 0.4) is 0 Å². The predicted molar refractivity (Wildman–Crippen MR) is 87.3 cm³/mol. The summed E-state index contributed by atoms with van der Waals surface area (Å²) in [6, 6.07) is 6.77. The van der Waals surface area contributed by atoms with E-state index in [0.717, 1.165) is 5.56 Å². The van der Waals surface area contributed by atoms with Crippen molar-refractivity contribution in [1.29, 1.82) is 0 Å². The molecule has 124 valence electrons. The summed E-state index contributed by atoms with van der Waals surface area (Å²) in [5, 5.41) is 12.6. The van der Waals surface area contributed by atoms with Crippen LogP contribution in [0.4, 0.5) is 4.79 Å². The van der Waals surface area contributed by atoms with E-state index in [-0.39, 0.29) is 5.75 Å². The monoisotopic (exact) mass is 327 g/mol. The van der Waals surface area contributed by atoms with Crippen molar-refractivity contribution in [3.05, 3.63) is 29.8 Å². The van der Waals surface area contributed by atoms with Crippen LogP contribution in [0.2, 0.25) is 0 Å². The number of amides is 1. The summed E-state index contributed by atoms with van der Waals surface area (Å²) in [5.41, 5.74) is 0.487. The van der Waals surface area contributed by atoms with Gasteiger partial charge >= 0.3 is 6.09 Å². The van der Waals surface area contributed by atoms with Gasteiger partial charge in [-0.05, 0) is 46.8 Å². The third kappa shape index (κ3) is 6.58. The maximum atomic E-state index is 12.2. The molecule has 0 aliphatic rings. The molecule has 2 unspecified atom stereocenters. The molecule has 1 aromatic rings. The SMILES string of the molecule is Cc1ccc(S(=O)CC(O)[C@H](C)NC(=O)OC(C)(C)C)cc1. The number of carbonyl (C=O) groups excluding carboxylic acids is 1. The van der Waals surface area contributed by atoms with Crippen molar-refractivity contribution in [3.8, 4) is 0 Å². The molecule has 1 rings (SSSR count). The molecule has 6 heteroatoms. The van der Waals surface area contributed by atoms with E-state index < -0.39 is 34.6 Å². The molecule has 3 atom stereocenters. The van der Waals surface area contributed by atoms with E-state index in [1.165, 1.54) is 0 Å². The first-order valence-electron chi connectivity index (χ1n) is 7.21. The molecule has 0 bridgehead atoms. The highest BCUT2D eigenvalue weighted by Crippen LogP contribution is 2.11. The van der Waals surface area contributed by atoms with Crippen LogP contribution in [0, 0.1) is 6.92 Å². The average molecular weight is 327 g/mol. The first-order valence-corrected chi connectivity index (χ1v) is 8.53. The van der Waals surface area contributed by atoms with Crippen LogP contribution in [0.5, 0.6) is 0 Å². The molecular formula is C16H25NO4S. The second-order valence-corrected chi connectivity index (χ2v) is 7.82. The van der Waals surface area contributed by atoms with E-state index in [4.69, 9.17) is 4.74 Å². The van der Waals surface area contributed by atoms with Crippen LogP contribution < -0.4 is 5.32 Å². The Kier molecular flexibility index (Phi) is 6.56. The normalized spacial score (nSPS) is 15.7. The molecule has 0 spiro atoms. The molecule has 1 aromatic carbocycles. The highest BCUT2D eigenvalue weighted by molar-refractivity contribution is 7.85. The third-order valence-electron chi connectivity index (χ3n) is 2.93. The molecule has 0 saturated carbocycles. The van der Waals surface area contributed by atoms with Crippen LogP contribution in [0.15, 0.2) is 29.2 Å². The summed E-state index contributed by atoms with van der Waals surface area (Å²) >= 11 is 0. The number of aryl methyl sites for hydroxylation is 1. The molecule has 0 aliphatic heterocycles. The summed E-state index contributed by atoms with van der Waals surface area (Å²) in [7, 11) is -1.32. The number of ether oxygens (including phenoxy) is 1. The number of benzene rings is 1. The summed E-state index contributed by atoms with van der Waals surface area (Å²) in [5.74, 6) is 0.0556. The number of nitrogens with one attached hydrogen (secondary N) is 1. The van der Waals surface area contributed by atoms with Gasteiger partial charge in [-0.15, -0.1) is 0 Å². The van der Waals surface area contributed by atoms with Crippen molar-refractivity contribution in [2.75, 3.05) is 5.75 Å². The van der Waals surface area contributed by atoms with Crippen LogP contribution in [0.1, 0.15) is 33.3 Å². The summed E-state index contributed by atoms with van der Waals surface area (Å²) in [6.07, 6.45) is -1.52. The Hall–Kier alpha value is -1.40. The van der Waals surface area contributed by atoms with Crippen molar-refractivity contribution in [1.82, 2.24) is 5.32 Å². The Morgan fingerprint density at radius 2 is 1.86 bits per heavy atom. The van der Waals surface area contributed by atoms with Crippen LogP contribution in [-0.2, 0) is 15.5 Å². The summed E-state index contributed by atoms with van der Waals surface area (Å²) in [6.45, 7) is 8.90. The molecule has 0 saturated heterocycles. The van der Waals surface area contributed by atoms with Crippen molar-refractivity contribution in [2.24, 2.45) is 0 Å². The number of hydrogen-bond acceptors (Lipinski definition) is 4. The van der Waals surface area contributed by atoms with Gasteiger partial charge in [0.05, 0.1) is 28.7 Å². The lowest BCUT2D eigenvalue weighted by atomic mass is 10.2.